The number of rotatable bonds is 5. The van der Waals surface area contributed by atoms with Crippen LogP contribution in [0.1, 0.15) is 63.6 Å². The zero-order chi connectivity index (χ0) is 15.5. The number of carbonyl (C=O) groups excluding carboxylic acids is 1. The quantitative estimate of drug-likeness (QED) is 0.877. The Kier molecular flexibility index (Phi) is 7.40. The first-order valence-electron chi connectivity index (χ1n) is 7.22. The fourth-order valence-electron chi connectivity index (χ4n) is 1.89. The Labute approximate surface area is 134 Å². The fraction of sp³-hybridized carbons (Fsp3) is 0.733. The summed E-state index contributed by atoms with van der Waals surface area (Å²) in [5.41, 5.74) is 1.45. The van der Waals surface area contributed by atoms with Crippen LogP contribution in [0, 0.1) is 0 Å². The van der Waals surface area contributed by atoms with E-state index in [1.54, 1.807) is 0 Å². The maximum atomic E-state index is 12.2. The van der Waals surface area contributed by atoms with Gasteiger partial charge in [-0.3, -0.25) is 9.48 Å². The summed E-state index contributed by atoms with van der Waals surface area (Å²) in [5, 5.41) is 10.5. The van der Waals surface area contributed by atoms with Gasteiger partial charge in [0.1, 0.15) is 5.69 Å². The number of hydrogen-bond acceptors (Lipinski definition) is 3. The molecule has 2 N–H and O–H groups in total. The number of aromatic nitrogens is 2. The van der Waals surface area contributed by atoms with Crippen molar-refractivity contribution in [3.63, 3.8) is 0 Å². The lowest BCUT2D eigenvalue weighted by molar-refractivity contribution is 0.0944. The molecule has 0 aliphatic heterocycles. The predicted octanol–water partition coefficient (Wildman–Crippen LogP) is 2.52. The van der Waals surface area contributed by atoms with Gasteiger partial charge >= 0.3 is 0 Å². The third kappa shape index (κ3) is 5.32. The average molecular weight is 317 g/mol. The number of nitrogens with zero attached hydrogens (tertiary/aromatic N) is 2. The van der Waals surface area contributed by atoms with Crippen molar-refractivity contribution in [2.75, 3.05) is 13.6 Å². The third-order valence-corrected chi connectivity index (χ3v) is 3.26. The summed E-state index contributed by atoms with van der Waals surface area (Å²) < 4.78 is 1.95. The largest absolute Gasteiger partial charge is 0.349 e. The van der Waals surface area contributed by atoms with E-state index in [1.165, 1.54) is 0 Å². The Morgan fingerprint density at radius 2 is 1.90 bits per heavy atom. The molecule has 1 atom stereocenters. The van der Waals surface area contributed by atoms with Crippen LogP contribution >= 0.6 is 12.4 Å². The molecule has 1 rings (SSSR count). The standard InChI is InChI=1S/C15H28N4O.ClH/c1-10(2)13-8-12(18-19(13)15(4,5)6)14(20)17-9-11(3)16-7;/h8,10-11,16H,9H2,1-7H3,(H,17,20);1H. The molecule has 0 aliphatic carbocycles. The molecule has 0 spiro atoms. The van der Waals surface area contributed by atoms with Crippen LogP contribution in [0.5, 0.6) is 0 Å². The van der Waals surface area contributed by atoms with Crippen LogP contribution < -0.4 is 10.6 Å². The number of amides is 1. The van der Waals surface area contributed by atoms with Gasteiger partial charge in [0.05, 0.1) is 5.54 Å². The first kappa shape index (κ1) is 19.9. The summed E-state index contributed by atoms with van der Waals surface area (Å²) in [4.78, 5) is 12.2. The minimum absolute atomic E-state index is 0. The Morgan fingerprint density at radius 3 is 2.29 bits per heavy atom. The van der Waals surface area contributed by atoms with Crippen LogP contribution in [0.15, 0.2) is 6.07 Å². The summed E-state index contributed by atoms with van der Waals surface area (Å²) in [7, 11) is 1.88. The lowest BCUT2D eigenvalue weighted by atomic mass is 10.1. The number of halogens is 1. The van der Waals surface area contributed by atoms with E-state index in [2.05, 4.69) is 50.4 Å². The molecule has 5 nitrogen and oxygen atoms in total. The number of carbonyl (C=O) groups is 1. The first-order chi connectivity index (χ1) is 9.16. The first-order valence-corrected chi connectivity index (χ1v) is 7.22. The van der Waals surface area contributed by atoms with Crippen LogP contribution in [0.3, 0.4) is 0 Å². The maximum Gasteiger partial charge on any atom is 0.271 e. The van der Waals surface area contributed by atoms with Gasteiger partial charge < -0.3 is 10.6 Å². The van der Waals surface area contributed by atoms with E-state index >= 15 is 0 Å². The van der Waals surface area contributed by atoms with Crippen molar-refractivity contribution < 1.29 is 4.79 Å². The van der Waals surface area contributed by atoms with Crippen LogP contribution in [-0.2, 0) is 5.54 Å². The summed E-state index contributed by atoms with van der Waals surface area (Å²) >= 11 is 0. The van der Waals surface area contributed by atoms with Crippen LogP contribution in [-0.4, -0.2) is 35.3 Å². The SMILES string of the molecule is CNC(C)CNC(=O)c1cc(C(C)C)n(C(C)(C)C)n1.Cl. The highest BCUT2D eigenvalue weighted by molar-refractivity contribution is 5.92. The summed E-state index contributed by atoms with van der Waals surface area (Å²) in [6, 6.07) is 2.14. The van der Waals surface area contributed by atoms with E-state index in [9.17, 15) is 4.79 Å². The summed E-state index contributed by atoms with van der Waals surface area (Å²) in [6.45, 7) is 13.1. The number of hydrogen-bond donors (Lipinski definition) is 2. The highest BCUT2D eigenvalue weighted by atomic mass is 35.5. The molecule has 122 valence electrons. The lowest BCUT2D eigenvalue weighted by Gasteiger charge is -2.23. The average Bonchev–Trinajstić information content (AvgIpc) is 2.80. The van der Waals surface area contributed by atoms with Gasteiger partial charge in [0.15, 0.2) is 0 Å². The molecule has 1 aromatic rings. The Morgan fingerprint density at radius 1 is 1.33 bits per heavy atom. The van der Waals surface area contributed by atoms with Crippen molar-refractivity contribution in [3.05, 3.63) is 17.5 Å². The molecule has 0 aromatic carbocycles. The van der Waals surface area contributed by atoms with Gasteiger partial charge in [0.2, 0.25) is 0 Å². The van der Waals surface area contributed by atoms with E-state index in [-0.39, 0.29) is 29.9 Å². The Balaban J connectivity index is 0.00000400. The van der Waals surface area contributed by atoms with Crippen molar-refractivity contribution in [2.45, 2.75) is 59.0 Å². The van der Waals surface area contributed by atoms with Gasteiger partial charge in [-0.15, -0.1) is 12.4 Å². The second-order valence-corrected chi connectivity index (χ2v) is 6.59. The van der Waals surface area contributed by atoms with E-state index in [0.717, 1.165) is 5.69 Å². The molecule has 0 aliphatic rings. The molecule has 1 heterocycles. The van der Waals surface area contributed by atoms with Crippen LogP contribution in [0.25, 0.3) is 0 Å². The summed E-state index contributed by atoms with van der Waals surface area (Å²) in [5.74, 6) is 0.219. The third-order valence-electron chi connectivity index (χ3n) is 3.26. The fourth-order valence-corrected chi connectivity index (χ4v) is 1.89. The molecule has 0 fully saturated rings. The molecule has 1 unspecified atom stereocenters. The Bertz CT molecular complexity index is 463. The van der Waals surface area contributed by atoms with Gasteiger partial charge in [-0.2, -0.15) is 5.10 Å². The molecule has 0 saturated heterocycles. The van der Waals surface area contributed by atoms with Crippen molar-refractivity contribution >= 4 is 18.3 Å². The molecule has 1 amide bonds. The van der Waals surface area contributed by atoms with Crippen LogP contribution in [0.4, 0.5) is 0 Å². The Hall–Kier alpha value is -1.07. The molecule has 6 heteroatoms. The second kappa shape index (κ2) is 7.80. The maximum absolute atomic E-state index is 12.2. The molecule has 0 bridgehead atoms. The topological polar surface area (TPSA) is 58.9 Å². The number of nitrogens with one attached hydrogen (secondary N) is 2. The zero-order valence-corrected chi connectivity index (χ0v) is 15.0. The van der Waals surface area contributed by atoms with Gasteiger partial charge in [-0.1, -0.05) is 13.8 Å². The van der Waals surface area contributed by atoms with E-state index < -0.39 is 0 Å². The summed E-state index contributed by atoms with van der Waals surface area (Å²) in [6.07, 6.45) is 0. The van der Waals surface area contributed by atoms with Crippen molar-refractivity contribution in [3.8, 4) is 0 Å². The van der Waals surface area contributed by atoms with Crippen LogP contribution in [0.2, 0.25) is 0 Å². The highest BCUT2D eigenvalue weighted by Gasteiger charge is 2.23. The van der Waals surface area contributed by atoms with Gasteiger partial charge in [0.25, 0.3) is 5.91 Å². The van der Waals surface area contributed by atoms with Crippen molar-refractivity contribution in [2.24, 2.45) is 0 Å². The minimum atomic E-state index is -0.129. The molecular weight excluding hydrogens is 288 g/mol. The molecule has 0 saturated carbocycles. The molecule has 0 radical (unpaired) electrons. The van der Waals surface area contributed by atoms with E-state index in [4.69, 9.17) is 0 Å². The van der Waals surface area contributed by atoms with Gasteiger partial charge in [-0.05, 0) is 46.7 Å². The lowest BCUT2D eigenvalue weighted by Crippen LogP contribution is -2.37. The predicted molar refractivity (Wildman–Crippen MR) is 89.4 cm³/mol. The second-order valence-electron chi connectivity index (χ2n) is 6.59. The monoisotopic (exact) mass is 316 g/mol. The molecular formula is C15H29ClN4O. The van der Waals surface area contributed by atoms with Gasteiger partial charge in [0, 0.05) is 18.3 Å². The smallest absolute Gasteiger partial charge is 0.271 e. The molecule has 1 aromatic heterocycles. The van der Waals surface area contributed by atoms with Crippen molar-refractivity contribution in [1.82, 2.24) is 20.4 Å². The molecule has 21 heavy (non-hydrogen) atoms. The highest BCUT2D eigenvalue weighted by Crippen LogP contribution is 2.23. The number of likely N-dealkylation sites (N-methyl/N-ethyl adjacent to an activating group) is 1. The zero-order valence-electron chi connectivity index (χ0n) is 14.2. The normalized spacial score (nSPS) is 13.0. The van der Waals surface area contributed by atoms with E-state index in [1.807, 2.05) is 24.7 Å². The van der Waals surface area contributed by atoms with Gasteiger partial charge in [-0.25, -0.2) is 0 Å². The van der Waals surface area contributed by atoms with E-state index in [0.29, 0.717) is 18.2 Å². The minimum Gasteiger partial charge on any atom is -0.349 e. The van der Waals surface area contributed by atoms with Crippen molar-refractivity contribution in [1.29, 1.82) is 0 Å².